The Morgan fingerprint density at radius 3 is 2.75 bits per heavy atom. The van der Waals surface area contributed by atoms with Gasteiger partial charge in [0.1, 0.15) is 6.61 Å². The average Bonchev–Trinajstić information content (AvgIpc) is 2.30. The lowest BCUT2D eigenvalue weighted by atomic mass is 10.3. The minimum atomic E-state index is 0.134. The predicted molar refractivity (Wildman–Crippen MR) is 64.4 cm³/mol. The first-order chi connectivity index (χ1) is 7.77. The summed E-state index contributed by atoms with van der Waals surface area (Å²) in [4.78, 5) is 4.17. The molecule has 0 bridgehead atoms. The van der Waals surface area contributed by atoms with Gasteiger partial charge in [0.05, 0.1) is 5.69 Å². The molecule has 0 radical (unpaired) electrons. The van der Waals surface area contributed by atoms with Gasteiger partial charge in [0.25, 0.3) is 0 Å². The second-order valence-corrected chi connectivity index (χ2v) is 4.04. The maximum Gasteiger partial charge on any atom is 0.161 e. The summed E-state index contributed by atoms with van der Waals surface area (Å²) in [5.41, 5.74) is 0.797. The number of ether oxygens (including phenoxy) is 1. The van der Waals surface area contributed by atoms with Gasteiger partial charge in [-0.05, 0) is 40.2 Å². The van der Waals surface area contributed by atoms with Crippen molar-refractivity contribution in [2.75, 3.05) is 0 Å². The standard InChI is InChI=1S/C12H10BrNO2/c13-9-4-3-7-14-10(9)8-16-12-6-2-1-5-11(12)15/h1-7,15H,8H2. The third-order valence-corrected chi connectivity index (χ3v) is 2.79. The normalized spacial score (nSPS) is 10.1. The van der Waals surface area contributed by atoms with Gasteiger partial charge in [-0.15, -0.1) is 0 Å². The van der Waals surface area contributed by atoms with Crippen molar-refractivity contribution in [2.24, 2.45) is 0 Å². The number of phenols is 1. The zero-order valence-electron chi connectivity index (χ0n) is 8.43. The number of aromatic hydroxyl groups is 1. The van der Waals surface area contributed by atoms with Crippen molar-refractivity contribution in [3.05, 3.63) is 52.8 Å². The molecule has 82 valence electrons. The van der Waals surface area contributed by atoms with Crippen LogP contribution in [0.5, 0.6) is 11.5 Å². The molecule has 0 saturated carbocycles. The molecule has 16 heavy (non-hydrogen) atoms. The zero-order valence-corrected chi connectivity index (χ0v) is 10.0. The fourth-order valence-corrected chi connectivity index (χ4v) is 1.62. The molecule has 4 heteroatoms. The lowest BCUT2D eigenvalue weighted by molar-refractivity contribution is 0.284. The smallest absolute Gasteiger partial charge is 0.161 e. The van der Waals surface area contributed by atoms with Crippen LogP contribution in [0.4, 0.5) is 0 Å². The number of halogens is 1. The van der Waals surface area contributed by atoms with E-state index in [1.165, 1.54) is 0 Å². The molecule has 0 atom stereocenters. The molecule has 1 heterocycles. The van der Waals surface area contributed by atoms with Crippen LogP contribution in [0.25, 0.3) is 0 Å². The maximum absolute atomic E-state index is 9.50. The maximum atomic E-state index is 9.50. The van der Waals surface area contributed by atoms with E-state index in [1.807, 2.05) is 18.2 Å². The quantitative estimate of drug-likeness (QED) is 0.939. The molecular formula is C12H10BrNO2. The Hall–Kier alpha value is -1.55. The largest absolute Gasteiger partial charge is 0.504 e. The van der Waals surface area contributed by atoms with E-state index >= 15 is 0 Å². The number of para-hydroxylation sites is 2. The highest BCUT2D eigenvalue weighted by Crippen LogP contribution is 2.25. The van der Waals surface area contributed by atoms with Crippen LogP contribution in [0.3, 0.4) is 0 Å². The number of pyridine rings is 1. The van der Waals surface area contributed by atoms with E-state index in [1.54, 1.807) is 24.4 Å². The summed E-state index contributed by atoms with van der Waals surface area (Å²) in [6, 6.07) is 10.6. The highest BCUT2D eigenvalue weighted by molar-refractivity contribution is 9.10. The van der Waals surface area contributed by atoms with Crippen LogP contribution in [0, 0.1) is 0 Å². The summed E-state index contributed by atoms with van der Waals surface area (Å²) >= 11 is 3.38. The summed E-state index contributed by atoms with van der Waals surface area (Å²) < 4.78 is 6.36. The molecule has 0 unspecified atom stereocenters. The fraction of sp³-hybridized carbons (Fsp3) is 0.0833. The Kier molecular flexibility index (Phi) is 3.41. The van der Waals surface area contributed by atoms with Crippen LogP contribution < -0.4 is 4.74 Å². The second-order valence-electron chi connectivity index (χ2n) is 3.19. The Morgan fingerprint density at radius 2 is 2.00 bits per heavy atom. The molecule has 2 aromatic rings. The molecule has 0 aliphatic rings. The molecule has 1 N–H and O–H groups in total. The number of rotatable bonds is 3. The van der Waals surface area contributed by atoms with Crippen LogP contribution in [0.1, 0.15) is 5.69 Å². The highest BCUT2D eigenvalue weighted by atomic mass is 79.9. The van der Waals surface area contributed by atoms with Crippen LogP contribution in [-0.4, -0.2) is 10.1 Å². The minimum absolute atomic E-state index is 0.134. The number of hydrogen-bond acceptors (Lipinski definition) is 3. The van der Waals surface area contributed by atoms with Crippen LogP contribution >= 0.6 is 15.9 Å². The van der Waals surface area contributed by atoms with Crippen molar-refractivity contribution in [3.63, 3.8) is 0 Å². The fourth-order valence-electron chi connectivity index (χ4n) is 1.25. The van der Waals surface area contributed by atoms with E-state index in [-0.39, 0.29) is 5.75 Å². The Bertz CT molecular complexity index is 442. The van der Waals surface area contributed by atoms with Gasteiger partial charge in [0, 0.05) is 10.7 Å². The third kappa shape index (κ3) is 2.52. The molecular weight excluding hydrogens is 270 g/mol. The van der Waals surface area contributed by atoms with Crippen molar-refractivity contribution in [1.82, 2.24) is 4.98 Å². The first kappa shape index (κ1) is 11.0. The molecule has 0 amide bonds. The lowest BCUT2D eigenvalue weighted by Gasteiger charge is -2.07. The monoisotopic (exact) mass is 279 g/mol. The third-order valence-electron chi connectivity index (χ3n) is 2.06. The second kappa shape index (κ2) is 4.99. The van der Waals surface area contributed by atoms with Crippen molar-refractivity contribution in [2.45, 2.75) is 6.61 Å². The van der Waals surface area contributed by atoms with E-state index in [0.717, 1.165) is 10.2 Å². The average molecular weight is 280 g/mol. The zero-order chi connectivity index (χ0) is 11.4. The first-order valence-electron chi connectivity index (χ1n) is 4.77. The van der Waals surface area contributed by atoms with Gasteiger partial charge in [-0.3, -0.25) is 4.98 Å². The number of phenolic OH excluding ortho intramolecular Hbond substituents is 1. The molecule has 3 nitrogen and oxygen atoms in total. The molecule has 1 aromatic carbocycles. The summed E-state index contributed by atoms with van der Waals surface area (Å²) in [6.07, 6.45) is 1.70. The van der Waals surface area contributed by atoms with Crippen molar-refractivity contribution >= 4 is 15.9 Å². The van der Waals surface area contributed by atoms with Crippen LogP contribution in [0.15, 0.2) is 47.1 Å². The molecule has 0 spiro atoms. The summed E-state index contributed by atoms with van der Waals surface area (Å²) in [5, 5.41) is 9.50. The van der Waals surface area contributed by atoms with E-state index in [2.05, 4.69) is 20.9 Å². The number of nitrogens with zero attached hydrogens (tertiary/aromatic N) is 1. The van der Waals surface area contributed by atoms with E-state index in [4.69, 9.17) is 4.74 Å². The summed E-state index contributed by atoms with van der Waals surface area (Å²) in [6.45, 7) is 0.318. The van der Waals surface area contributed by atoms with Crippen molar-refractivity contribution in [1.29, 1.82) is 0 Å². The van der Waals surface area contributed by atoms with Gasteiger partial charge < -0.3 is 9.84 Å². The molecule has 0 saturated heterocycles. The summed E-state index contributed by atoms with van der Waals surface area (Å²) in [7, 11) is 0. The minimum Gasteiger partial charge on any atom is -0.504 e. The van der Waals surface area contributed by atoms with Gasteiger partial charge >= 0.3 is 0 Å². The predicted octanol–water partition coefficient (Wildman–Crippen LogP) is 3.13. The molecule has 0 aliphatic heterocycles. The van der Waals surface area contributed by atoms with Gasteiger partial charge in [0.15, 0.2) is 11.5 Å². The molecule has 1 aromatic heterocycles. The van der Waals surface area contributed by atoms with Crippen molar-refractivity contribution in [3.8, 4) is 11.5 Å². The topological polar surface area (TPSA) is 42.4 Å². The van der Waals surface area contributed by atoms with Crippen molar-refractivity contribution < 1.29 is 9.84 Å². The van der Waals surface area contributed by atoms with E-state index in [0.29, 0.717) is 12.4 Å². The van der Waals surface area contributed by atoms with Gasteiger partial charge in [-0.2, -0.15) is 0 Å². The lowest BCUT2D eigenvalue weighted by Crippen LogP contribution is -1.98. The first-order valence-corrected chi connectivity index (χ1v) is 5.57. The van der Waals surface area contributed by atoms with Crippen LogP contribution in [0.2, 0.25) is 0 Å². The highest BCUT2D eigenvalue weighted by Gasteiger charge is 2.04. The Labute approximate surface area is 102 Å². The SMILES string of the molecule is Oc1ccccc1OCc1ncccc1Br. The van der Waals surface area contributed by atoms with E-state index < -0.39 is 0 Å². The van der Waals surface area contributed by atoms with Gasteiger partial charge in [-0.25, -0.2) is 0 Å². The van der Waals surface area contributed by atoms with E-state index in [9.17, 15) is 5.11 Å². The van der Waals surface area contributed by atoms with Gasteiger partial charge in [-0.1, -0.05) is 12.1 Å². The molecule has 0 aliphatic carbocycles. The van der Waals surface area contributed by atoms with Gasteiger partial charge in [0.2, 0.25) is 0 Å². The number of benzene rings is 1. The number of aromatic nitrogens is 1. The Morgan fingerprint density at radius 1 is 1.19 bits per heavy atom. The summed E-state index contributed by atoms with van der Waals surface area (Å²) in [5.74, 6) is 0.592. The van der Waals surface area contributed by atoms with Crippen LogP contribution in [-0.2, 0) is 6.61 Å². The molecule has 2 rings (SSSR count). The number of hydrogen-bond donors (Lipinski definition) is 1. The Balaban J connectivity index is 2.09. The molecule has 0 fully saturated rings.